The zero-order valence-corrected chi connectivity index (χ0v) is 18.4. The lowest BCUT2D eigenvalue weighted by Crippen LogP contribution is -2.31. The number of benzene rings is 2. The van der Waals surface area contributed by atoms with Crippen molar-refractivity contribution in [1.82, 2.24) is 10.2 Å². The van der Waals surface area contributed by atoms with Gasteiger partial charge in [0.1, 0.15) is 5.75 Å². The number of fused-ring (bicyclic) bond motifs is 1. The SMILES string of the molecule is CC(/C=C(\ON)c1ccc(C(=O)N(C)CCN)c(O)c1)C(=O)N[C@@H]1CCc2ccccc21. The van der Waals surface area contributed by atoms with Crippen molar-refractivity contribution in [3.63, 3.8) is 0 Å². The Labute approximate surface area is 187 Å². The molecule has 0 bridgehead atoms. The minimum absolute atomic E-state index is 0.0170. The van der Waals surface area contributed by atoms with Crippen molar-refractivity contribution >= 4 is 17.6 Å². The Bertz CT molecular complexity index is 1020. The number of nitrogens with two attached hydrogens (primary N) is 2. The first kappa shape index (κ1) is 23.3. The number of hydrogen-bond donors (Lipinski definition) is 4. The molecule has 2 atom stereocenters. The van der Waals surface area contributed by atoms with E-state index in [4.69, 9.17) is 16.5 Å². The number of nitrogens with one attached hydrogen (secondary N) is 1. The molecular weight excluding hydrogens is 408 g/mol. The van der Waals surface area contributed by atoms with Gasteiger partial charge in [-0.2, -0.15) is 5.90 Å². The molecule has 2 amide bonds. The molecule has 2 aromatic carbocycles. The van der Waals surface area contributed by atoms with Gasteiger partial charge >= 0.3 is 0 Å². The normalized spacial score (nSPS) is 16.2. The molecule has 32 heavy (non-hydrogen) atoms. The van der Waals surface area contributed by atoms with E-state index in [1.807, 2.05) is 18.2 Å². The predicted octanol–water partition coefficient (Wildman–Crippen LogP) is 2.09. The molecule has 8 nitrogen and oxygen atoms in total. The molecule has 0 fully saturated rings. The fourth-order valence-corrected chi connectivity index (χ4v) is 3.88. The van der Waals surface area contributed by atoms with Crippen LogP contribution in [0.2, 0.25) is 0 Å². The maximum atomic E-state index is 12.8. The van der Waals surface area contributed by atoms with Gasteiger partial charge in [-0.25, -0.2) is 0 Å². The largest absolute Gasteiger partial charge is 0.507 e. The quantitative estimate of drug-likeness (QED) is 0.369. The summed E-state index contributed by atoms with van der Waals surface area (Å²) in [6.07, 6.45) is 3.39. The average molecular weight is 439 g/mol. The van der Waals surface area contributed by atoms with E-state index in [0.29, 0.717) is 18.7 Å². The third-order valence-corrected chi connectivity index (χ3v) is 5.72. The monoisotopic (exact) mass is 438 g/mol. The first-order chi connectivity index (χ1) is 15.3. The predicted molar refractivity (Wildman–Crippen MR) is 122 cm³/mol. The third-order valence-electron chi connectivity index (χ3n) is 5.72. The van der Waals surface area contributed by atoms with E-state index in [1.165, 1.54) is 22.6 Å². The maximum absolute atomic E-state index is 12.8. The molecule has 1 aliphatic rings. The first-order valence-corrected chi connectivity index (χ1v) is 10.6. The Morgan fingerprint density at radius 2 is 2.06 bits per heavy atom. The molecule has 8 heteroatoms. The van der Waals surface area contributed by atoms with Crippen molar-refractivity contribution in [2.24, 2.45) is 17.5 Å². The van der Waals surface area contributed by atoms with Crippen molar-refractivity contribution in [1.29, 1.82) is 0 Å². The van der Waals surface area contributed by atoms with Crippen LogP contribution in [0.1, 0.15) is 46.4 Å². The van der Waals surface area contributed by atoms with Gasteiger partial charge in [-0.15, -0.1) is 0 Å². The van der Waals surface area contributed by atoms with Gasteiger partial charge in [0.2, 0.25) is 5.91 Å². The van der Waals surface area contributed by atoms with Crippen LogP contribution in [0.4, 0.5) is 0 Å². The molecule has 0 heterocycles. The van der Waals surface area contributed by atoms with Gasteiger partial charge in [-0.3, -0.25) is 9.59 Å². The van der Waals surface area contributed by atoms with Crippen LogP contribution in [0.3, 0.4) is 0 Å². The minimum atomic E-state index is -0.527. The van der Waals surface area contributed by atoms with Crippen molar-refractivity contribution in [2.75, 3.05) is 20.1 Å². The molecule has 6 N–H and O–H groups in total. The summed E-state index contributed by atoms with van der Waals surface area (Å²) >= 11 is 0. The molecule has 0 aliphatic heterocycles. The second-order valence-electron chi connectivity index (χ2n) is 7.98. The van der Waals surface area contributed by atoms with E-state index in [2.05, 4.69) is 11.4 Å². The summed E-state index contributed by atoms with van der Waals surface area (Å²) in [6.45, 7) is 2.44. The standard InChI is InChI=1S/C24H30N4O4/c1-15(23(30)27-20-10-8-16-5-3-4-6-18(16)20)13-22(32-26)17-7-9-19(21(29)14-17)24(31)28(2)12-11-25/h3-7,9,13-15,20,29H,8,10-12,25-26H2,1-2H3,(H,27,30)/b22-13-/t15?,20-/m1/s1. The van der Waals surface area contributed by atoms with Crippen LogP contribution in [-0.2, 0) is 16.1 Å². The molecule has 0 radical (unpaired) electrons. The summed E-state index contributed by atoms with van der Waals surface area (Å²) in [7, 11) is 1.61. The second-order valence-corrected chi connectivity index (χ2v) is 7.98. The van der Waals surface area contributed by atoms with Gasteiger partial charge in [0.15, 0.2) is 5.76 Å². The van der Waals surface area contributed by atoms with E-state index >= 15 is 0 Å². The Morgan fingerprint density at radius 3 is 2.75 bits per heavy atom. The molecule has 0 saturated carbocycles. The molecular formula is C24H30N4O4. The lowest BCUT2D eigenvalue weighted by Gasteiger charge is -2.18. The fourth-order valence-electron chi connectivity index (χ4n) is 3.88. The van der Waals surface area contributed by atoms with E-state index in [0.717, 1.165) is 18.4 Å². The minimum Gasteiger partial charge on any atom is -0.507 e. The highest BCUT2D eigenvalue weighted by Crippen LogP contribution is 2.31. The number of carbonyl (C=O) groups is 2. The number of hydrogen-bond acceptors (Lipinski definition) is 6. The highest BCUT2D eigenvalue weighted by molar-refractivity contribution is 5.97. The van der Waals surface area contributed by atoms with Gasteiger partial charge in [0, 0.05) is 25.7 Å². The van der Waals surface area contributed by atoms with Gasteiger partial charge in [-0.1, -0.05) is 30.3 Å². The molecule has 0 aromatic heterocycles. The second kappa shape index (κ2) is 10.3. The molecule has 3 rings (SSSR count). The lowest BCUT2D eigenvalue weighted by molar-refractivity contribution is -0.123. The summed E-state index contributed by atoms with van der Waals surface area (Å²) in [5.74, 6) is 4.44. The number of rotatable bonds is 8. The molecule has 2 aromatic rings. The summed E-state index contributed by atoms with van der Waals surface area (Å²) < 4.78 is 0. The summed E-state index contributed by atoms with van der Waals surface area (Å²) in [5.41, 5.74) is 8.49. The van der Waals surface area contributed by atoms with Crippen LogP contribution >= 0.6 is 0 Å². The number of phenolic OH excluding ortho intramolecular Hbond substituents is 1. The van der Waals surface area contributed by atoms with Crippen LogP contribution in [0, 0.1) is 5.92 Å². The molecule has 170 valence electrons. The van der Waals surface area contributed by atoms with E-state index < -0.39 is 5.92 Å². The van der Waals surface area contributed by atoms with Gasteiger partial charge in [0.25, 0.3) is 5.91 Å². The Balaban J connectivity index is 1.73. The molecule has 0 saturated heterocycles. The van der Waals surface area contributed by atoms with Crippen LogP contribution in [0.5, 0.6) is 5.75 Å². The number of phenols is 1. The van der Waals surface area contributed by atoms with Crippen molar-refractivity contribution in [2.45, 2.75) is 25.8 Å². The summed E-state index contributed by atoms with van der Waals surface area (Å²) in [6, 6.07) is 12.6. The van der Waals surface area contributed by atoms with Crippen molar-refractivity contribution in [3.05, 3.63) is 70.8 Å². The number of likely N-dealkylation sites (N-methyl/N-ethyl adjacent to an activating group) is 1. The van der Waals surface area contributed by atoms with Crippen LogP contribution in [0.25, 0.3) is 5.76 Å². The zero-order valence-electron chi connectivity index (χ0n) is 18.4. The summed E-state index contributed by atoms with van der Waals surface area (Å²) in [5, 5.41) is 13.5. The number of aromatic hydroxyl groups is 1. The smallest absolute Gasteiger partial charge is 0.257 e. The average Bonchev–Trinajstić information content (AvgIpc) is 3.19. The summed E-state index contributed by atoms with van der Waals surface area (Å²) in [4.78, 5) is 31.6. The van der Waals surface area contributed by atoms with Crippen LogP contribution < -0.4 is 16.9 Å². The Hall–Kier alpha value is -3.36. The Kier molecular flexibility index (Phi) is 7.50. The van der Waals surface area contributed by atoms with E-state index in [9.17, 15) is 14.7 Å². The highest BCUT2D eigenvalue weighted by atomic mass is 16.6. The van der Waals surface area contributed by atoms with E-state index in [-0.39, 0.29) is 34.9 Å². The Morgan fingerprint density at radius 1 is 1.31 bits per heavy atom. The van der Waals surface area contributed by atoms with Gasteiger partial charge in [-0.05, 0) is 49.1 Å². The topological polar surface area (TPSA) is 131 Å². The van der Waals surface area contributed by atoms with Crippen molar-refractivity contribution < 1.29 is 19.5 Å². The van der Waals surface area contributed by atoms with Gasteiger partial charge in [0.05, 0.1) is 17.5 Å². The number of carbonyl (C=O) groups excluding carboxylic acids is 2. The van der Waals surface area contributed by atoms with Gasteiger partial charge < -0.3 is 25.9 Å². The molecule has 0 spiro atoms. The van der Waals surface area contributed by atoms with Crippen molar-refractivity contribution in [3.8, 4) is 5.75 Å². The fraction of sp³-hybridized carbons (Fsp3) is 0.333. The van der Waals surface area contributed by atoms with E-state index in [1.54, 1.807) is 26.1 Å². The van der Waals surface area contributed by atoms with Crippen LogP contribution in [0.15, 0.2) is 48.5 Å². The zero-order chi connectivity index (χ0) is 23.3. The number of aryl methyl sites for hydroxylation is 1. The third kappa shape index (κ3) is 5.09. The molecule has 1 unspecified atom stereocenters. The first-order valence-electron chi connectivity index (χ1n) is 10.6. The highest BCUT2D eigenvalue weighted by Gasteiger charge is 2.25. The molecule has 1 aliphatic carbocycles. The number of nitrogens with zero attached hydrogens (tertiary/aromatic N) is 1. The lowest BCUT2D eigenvalue weighted by atomic mass is 10.0. The maximum Gasteiger partial charge on any atom is 0.257 e. The number of amides is 2. The van der Waals surface area contributed by atoms with Crippen LogP contribution in [-0.4, -0.2) is 42.0 Å².